The number of ether oxygens (including phenoxy) is 4. The molecule has 0 N–H and O–H groups in total. The van der Waals surface area contributed by atoms with Crippen molar-refractivity contribution in [3.05, 3.63) is 108 Å². The van der Waals surface area contributed by atoms with Crippen molar-refractivity contribution in [2.24, 2.45) is 0 Å². The Morgan fingerprint density at radius 1 is 0.730 bits per heavy atom. The molecule has 0 fully saturated rings. The van der Waals surface area contributed by atoms with Crippen molar-refractivity contribution >= 4 is 16.9 Å². The molecule has 0 unspecified atom stereocenters. The summed E-state index contributed by atoms with van der Waals surface area (Å²) in [6.07, 6.45) is 0. The fraction of sp³-hybridized carbons (Fsp3) is 0.194. The Kier molecular flexibility index (Phi) is 9.24. The van der Waals surface area contributed by atoms with Gasteiger partial charge >= 0.3 is 5.97 Å². The number of esters is 1. The highest BCUT2D eigenvalue weighted by Gasteiger charge is 2.29. The zero-order valence-electron chi connectivity index (χ0n) is 21.3. The van der Waals surface area contributed by atoms with Crippen molar-refractivity contribution < 1.29 is 23.7 Å². The molecule has 0 saturated carbocycles. The highest BCUT2D eigenvalue weighted by atomic mass is 32.2. The van der Waals surface area contributed by atoms with E-state index in [9.17, 15) is 4.79 Å². The van der Waals surface area contributed by atoms with Gasteiger partial charge in [0.05, 0.1) is 10.9 Å². The highest BCUT2D eigenvalue weighted by Crippen LogP contribution is 2.37. The van der Waals surface area contributed by atoms with Crippen molar-refractivity contribution in [2.75, 3.05) is 20.0 Å². The zero-order chi connectivity index (χ0) is 26.0. The van der Waals surface area contributed by atoms with Gasteiger partial charge in [0.1, 0.15) is 17.2 Å². The first kappa shape index (κ1) is 26.3. The molecule has 6 heteroatoms. The molecule has 4 aromatic rings. The van der Waals surface area contributed by atoms with Crippen LogP contribution in [0, 0.1) is 13.8 Å². The van der Waals surface area contributed by atoms with E-state index in [-0.39, 0.29) is 24.3 Å². The number of carbonyl (C=O) groups is 1. The summed E-state index contributed by atoms with van der Waals surface area (Å²) in [6, 6.07) is 32.8. The Labute approximate surface area is 221 Å². The van der Waals surface area contributed by atoms with E-state index in [0.29, 0.717) is 18.1 Å². The Bertz CT molecular complexity index is 1230. The van der Waals surface area contributed by atoms with Crippen molar-refractivity contribution in [2.45, 2.75) is 35.5 Å². The summed E-state index contributed by atoms with van der Waals surface area (Å²) in [4.78, 5) is 15.5. The van der Waals surface area contributed by atoms with E-state index < -0.39 is 5.97 Å². The number of rotatable bonds is 11. The summed E-state index contributed by atoms with van der Waals surface area (Å²) in [7, 11) is -0.220. The lowest BCUT2D eigenvalue weighted by Crippen LogP contribution is -2.16. The Balaban J connectivity index is 1.49. The van der Waals surface area contributed by atoms with Crippen LogP contribution in [0.4, 0.5) is 0 Å². The lowest BCUT2D eigenvalue weighted by Gasteiger charge is -2.15. The maximum absolute atomic E-state index is 11.7. The Hall–Kier alpha value is -3.74. The molecule has 0 aliphatic rings. The third-order valence-electron chi connectivity index (χ3n) is 5.54. The lowest BCUT2D eigenvalue weighted by atomic mass is 10.1. The monoisotopic (exact) mass is 515 g/mol. The number of carbonyl (C=O) groups excluding carboxylic acids is 1. The molecule has 0 saturated heterocycles. The molecular weight excluding hydrogens is 484 g/mol. The van der Waals surface area contributed by atoms with Gasteiger partial charge in [-0.3, -0.25) is 0 Å². The van der Waals surface area contributed by atoms with Crippen LogP contribution in [-0.4, -0.2) is 26.0 Å². The van der Waals surface area contributed by atoms with Gasteiger partial charge in [0.2, 0.25) is 0 Å². The number of aryl methyl sites for hydroxylation is 2. The zero-order valence-corrected chi connectivity index (χ0v) is 22.1. The molecule has 0 heterocycles. The maximum atomic E-state index is 11.7. The van der Waals surface area contributed by atoms with Crippen LogP contribution in [0.5, 0.6) is 17.2 Å². The molecular formula is C31H31O5S+. The largest absolute Gasteiger partial charge is 0.482 e. The molecule has 0 aromatic heterocycles. The van der Waals surface area contributed by atoms with Crippen molar-refractivity contribution in [1.82, 2.24) is 0 Å². The smallest absolute Gasteiger partial charge is 0.346 e. The van der Waals surface area contributed by atoms with Gasteiger partial charge in [-0.15, -0.1) is 0 Å². The predicted octanol–water partition coefficient (Wildman–Crippen LogP) is 7.11. The summed E-state index contributed by atoms with van der Waals surface area (Å²) >= 11 is 0. The first-order valence-corrected chi connectivity index (χ1v) is 13.4. The van der Waals surface area contributed by atoms with E-state index in [1.165, 1.54) is 14.7 Å². The Morgan fingerprint density at radius 2 is 1.27 bits per heavy atom. The standard InChI is InChI=1S/C31H31O5S/c1-4-33-22-35-30(32)21-34-25-15-17-26(18-16-25)36-31-23(2)19-29(20-24(31)3)37(27-11-7-5-8-12-27)28-13-9-6-10-14-28/h5-20H,4,21-22H2,1-3H3/q+1. The first-order chi connectivity index (χ1) is 18.0. The predicted molar refractivity (Wildman–Crippen MR) is 146 cm³/mol. The van der Waals surface area contributed by atoms with Crippen molar-refractivity contribution in [1.29, 1.82) is 0 Å². The second-order valence-corrected chi connectivity index (χ2v) is 10.3. The molecule has 5 nitrogen and oxygen atoms in total. The van der Waals surface area contributed by atoms with Gasteiger partial charge in [0, 0.05) is 18.7 Å². The highest BCUT2D eigenvalue weighted by molar-refractivity contribution is 7.97. The van der Waals surface area contributed by atoms with E-state index >= 15 is 0 Å². The third-order valence-corrected chi connectivity index (χ3v) is 7.73. The van der Waals surface area contributed by atoms with Crippen LogP contribution in [0.15, 0.2) is 112 Å². The van der Waals surface area contributed by atoms with Crippen molar-refractivity contribution in [3.63, 3.8) is 0 Å². The molecule has 190 valence electrons. The fourth-order valence-corrected chi connectivity index (χ4v) is 6.07. The van der Waals surface area contributed by atoms with E-state index in [4.69, 9.17) is 18.9 Å². The number of hydrogen-bond acceptors (Lipinski definition) is 5. The normalized spacial score (nSPS) is 10.8. The van der Waals surface area contributed by atoms with Crippen LogP contribution >= 0.6 is 0 Å². The molecule has 0 bridgehead atoms. The SMILES string of the molecule is CCOCOC(=O)COc1ccc(Oc2c(C)cc([S+](c3ccccc3)c3ccccc3)cc2C)cc1. The molecule has 0 spiro atoms. The van der Waals surface area contributed by atoms with E-state index in [2.05, 4.69) is 74.5 Å². The molecule has 37 heavy (non-hydrogen) atoms. The van der Waals surface area contributed by atoms with Crippen LogP contribution in [-0.2, 0) is 25.2 Å². The molecule has 0 aliphatic carbocycles. The molecule has 0 atom stereocenters. The van der Waals surface area contributed by atoms with Crippen LogP contribution < -0.4 is 9.47 Å². The maximum Gasteiger partial charge on any atom is 0.346 e. The van der Waals surface area contributed by atoms with E-state index in [1.807, 2.05) is 31.2 Å². The second kappa shape index (κ2) is 13.0. The van der Waals surface area contributed by atoms with Gasteiger partial charge < -0.3 is 18.9 Å². The van der Waals surface area contributed by atoms with E-state index in [1.54, 1.807) is 12.1 Å². The summed E-state index contributed by atoms with van der Waals surface area (Å²) in [5, 5.41) is 0. The molecule has 0 aliphatic heterocycles. The van der Waals surface area contributed by atoms with Gasteiger partial charge in [-0.25, -0.2) is 4.79 Å². The van der Waals surface area contributed by atoms with Gasteiger partial charge in [0.15, 0.2) is 28.1 Å². The average molecular weight is 516 g/mol. The van der Waals surface area contributed by atoms with E-state index in [0.717, 1.165) is 16.9 Å². The minimum absolute atomic E-state index is 0.0685. The summed E-state index contributed by atoms with van der Waals surface area (Å²) in [5.74, 6) is 1.60. The molecule has 4 rings (SSSR count). The summed E-state index contributed by atoms with van der Waals surface area (Å²) in [6.45, 7) is 6.22. The summed E-state index contributed by atoms with van der Waals surface area (Å²) < 4.78 is 21.7. The van der Waals surface area contributed by atoms with Gasteiger partial charge in [-0.2, -0.15) is 0 Å². The topological polar surface area (TPSA) is 54.0 Å². The number of hydrogen-bond donors (Lipinski definition) is 0. The first-order valence-electron chi connectivity index (χ1n) is 12.1. The minimum Gasteiger partial charge on any atom is -0.482 e. The molecule has 0 radical (unpaired) electrons. The van der Waals surface area contributed by atoms with Gasteiger partial charge in [-0.1, -0.05) is 36.4 Å². The second-order valence-electron chi connectivity index (χ2n) is 8.31. The molecule has 0 amide bonds. The molecule has 4 aromatic carbocycles. The lowest BCUT2D eigenvalue weighted by molar-refractivity contribution is -0.158. The minimum atomic E-state index is -0.481. The Morgan fingerprint density at radius 3 is 1.81 bits per heavy atom. The average Bonchev–Trinajstić information content (AvgIpc) is 2.92. The number of benzene rings is 4. The van der Waals surface area contributed by atoms with Crippen LogP contribution in [0.2, 0.25) is 0 Å². The van der Waals surface area contributed by atoms with Crippen LogP contribution in [0.1, 0.15) is 18.1 Å². The van der Waals surface area contributed by atoms with Crippen LogP contribution in [0.3, 0.4) is 0 Å². The summed E-state index contributed by atoms with van der Waals surface area (Å²) in [5.41, 5.74) is 2.13. The van der Waals surface area contributed by atoms with Crippen LogP contribution in [0.25, 0.3) is 0 Å². The fourth-order valence-electron chi connectivity index (χ4n) is 3.81. The van der Waals surface area contributed by atoms with Gasteiger partial charge in [-0.05, 0) is 80.4 Å². The quantitative estimate of drug-likeness (QED) is 0.0922. The van der Waals surface area contributed by atoms with Gasteiger partial charge in [0.25, 0.3) is 0 Å². The van der Waals surface area contributed by atoms with Crippen molar-refractivity contribution in [3.8, 4) is 17.2 Å². The third kappa shape index (κ3) is 7.15.